The molecule has 1 aromatic carbocycles. The van der Waals surface area contributed by atoms with Gasteiger partial charge in [0.05, 0.1) is 0 Å². The number of nitrogens with one attached hydrogen (secondary N) is 1. The van der Waals surface area contributed by atoms with Crippen LogP contribution < -0.4 is 0 Å². The maximum absolute atomic E-state index is 13.0. The summed E-state index contributed by atoms with van der Waals surface area (Å²) in [5, 5.41) is 0.261. The Morgan fingerprint density at radius 3 is 2.72 bits per heavy atom. The van der Waals surface area contributed by atoms with E-state index in [-0.39, 0.29) is 29.4 Å². The second-order valence-electron chi connectivity index (χ2n) is 8.35. The minimum atomic E-state index is -0.610. The molecule has 3 aromatic rings. The van der Waals surface area contributed by atoms with Gasteiger partial charge in [-0.2, -0.15) is 0 Å². The normalized spacial score (nSPS) is 21.5. The Balaban J connectivity index is 1.41. The average molecular weight is 449 g/mol. The number of para-hydroxylation sites is 1. The number of amides is 3. The van der Waals surface area contributed by atoms with E-state index in [1.807, 2.05) is 29.2 Å². The van der Waals surface area contributed by atoms with E-state index in [2.05, 4.69) is 22.1 Å². The minimum absolute atomic E-state index is 0.0646. The highest BCUT2D eigenvalue weighted by Crippen LogP contribution is 2.39. The Morgan fingerprint density at radius 1 is 1.19 bits per heavy atom. The van der Waals surface area contributed by atoms with Crippen LogP contribution in [0.2, 0.25) is 0 Å². The zero-order chi connectivity index (χ0) is 22.2. The third kappa shape index (κ3) is 3.68. The number of rotatable bonds is 4. The molecule has 0 saturated carbocycles. The Labute approximate surface area is 190 Å². The van der Waals surface area contributed by atoms with E-state index < -0.39 is 5.25 Å². The van der Waals surface area contributed by atoms with E-state index in [1.54, 1.807) is 12.4 Å². The minimum Gasteiger partial charge on any atom is -0.358 e. The number of hydrogen-bond donors (Lipinski definition) is 1. The van der Waals surface area contributed by atoms with Gasteiger partial charge < -0.3 is 9.88 Å². The van der Waals surface area contributed by atoms with Crippen molar-refractivity contribution in [2.45, 2.75) is 30.4 Å². The van der Waals surface area contributed by atoms with Gasteiger partial charge in [-0.1, -0.05) is 30.0 Å². The smallest absolute Gasteiger partial charge is 0.288 e. The van der Waals surface area contributed by atoms with Gasteiger partial charge in [-0.15, -0.1) is 0 Å². The molecule has 0 radical (unpaired) electrons. The molecule has 5 rings (SSSR count). The molecule has 4 heterocycles. The summed E-state index contributed by atoms with van der Waals surface area (Å²) < 4.78 is 0. The first-order chi connectivity index (χ1) is 15.5. The molecule has 2 aliphatic heterocycles. The van der Waals surface area contributed by atoms with Crippen molar-refractivity contribution in [3.63, 3.8) is 0 Å². The number of thioether (sulfide) groups is 1. The van der Waals surface area contributed by atoms with E-state index in [9.17, 15) is 14.4 Å². The maximum atomic E-state index is 13.0. The molecule has 2 atom stereocenters. The van der Waals surface area contributed by atoms with Crippen molar-refractivity contribution in [3.8, 4) is 11.1 Å². The second-order valence-corrected chi connectivity index (χ2v) is 9.50. The van der Waals surface area contributed by atoms with E-state index in [0.717, 1.165) is 57.2 Å². The highest BCUT2D eigenvalue weighted by molar-refractivity contribution is 8.15. The number of hydrogen-bond acceptors (Lipinski definition) is 5. The molecule has 0 bridgehead atoms. The van der Waals surface area contributed by atoms with Crippen LogP contribution in [0.4, 0.5) is 4.79 Å². The van der Waals surface area contributed by atoms with Gasteiger partial charge in [0.25, 0.3) is 5.24 Å². The number of piperidine rings is 1. The lowest BCUT2D eigenvalue weighted by Gasteiger charge is -2.33. The fourth-order valence-electron chi connectivity index (χ4n) is 4.71. The van der Waals surface area contributed by atoms with E-state index in [4.69, 9.17) is 0 Å². The second kappa shape index (κ2) is 8.43. The van der Waals surface area contributed by atoms with Crippen LogP contribution in [0.15, 0.2) is 48.8 Å². The predicted octanol–water partition coefficient (Wildman–Crippen LogP) is 4.02. The summed E-state index contributed by atoms with van der Waals surface area (Å²) in [6.07, 6.45) is 5.54. The summed E-state index contributed by atoms with van der Waals surface area (Å²) in [7, 11) is 1.47. The number of fused-ring (bicyclic) bond motifs is 1. The number of aromatic amines is 1. The number of carbonyl (C=O) groups is 3. The number of imide groups is 1. The third-order valence-electron chi connectivity index (χ3n) is 6.37. The summed E-state index contributed by atoms with van der Waals surface area (Å²) in [6.45, 7) is 1.27. The van der Waals surface area contributed by atoms with Crippen molar-refractivity contribution in [1.29, 1.82) is 0 Å². The van der Waals surface area contributed by atoms with Crippen molar-refractivity contribution >= 4 is 39.7 Å². The molecule has 0 unspecified atom stereocenters. The van der Waals surface area contributed by atoms with Crippen molar-refractivity contribution in [2.75, 3.05) is 20.1 Å². The summed E-state index contributed by atoms with van der Waals surface area (Å²) in [5.74, 6) is -0.178. The van der Waals surface area contributed by atoms with E-state index >= 15 is 0 Å². The molecule has 164 valence electrons. The van der Waals surface area contributed by atoms with Gasteiger partial charge in [-0.3, -0.25) is 24.3 Å². The van der Waals surface area contributed by atoms with Crippen LogP contribution in [-0.2, 0) is 9.59 Å². The number of nitrogens with zero attached hydrogens (tertiary/aromatic N) is 3. The first-order valence-corrected chi connectivity index (χ1v) is 11.7. The SMILES string of the molecule is CN1C(=O)S[C@@H](CC(=O)N2CCC[C@H](c3[nH]c4ccccc4c3-c3ccncc3)C2)C1=O. The van der Waals surface area contributed by atoms with Crippen LogP contribution in [0, 0.1) is 0 Å². The van der Waals surface area contributed by atoms with E-state index in [0.29, 0.717) is 13.1 Å². The lowest BCUT2D eigenvalue weighted by molar-refractivity contribution is -0.135. The predicted molar refractivity (Wildman–Crippen MR) is 124 cm³/mol. The van der Waals surface area contributed by atoms with Crippen LogP contribution in [0.25, 0.3) is 22.0 Å². The number of carbonyl (C=O) groups excluding carboxylic acids is 3. The average Bonchev–Trinajstić information content (AvgIpc) is 3.33. The molecule has 8 heteroatoms. The Morgan fingerprint density at radius 2 is 1.97 bits per heavy atom. The number of pyridine rings is 1. The first kappa shape index (κ1) is 20.8. The number of aromatic nitrogens is 2. The van der Waals surface area contributed by atoms with Gasteiger partial charge in [0.15, 0.2) is 0 Å². The molecule has 2 aliphatic rings. The molecule has 2 saturated heterocycles. The Hall–Kier alpha value is -3.13. The third-order valence-corrected chi connectivity index (χ3v) is 7.50. The van der Waals surface area contributed by atoms with Gasteiger partial charge >= 0.3 is 0 Å². The van der Waals surface area contributed by atoms with Crippen LogP contribution in [-0.4, -0.2) is 62.2 Å². The van der Waals surface area contributed by atoms with Gasteiger partial charge in [0.2, 0.25) is 11.8 Å². The number of benzene rings is 1. The summed E-state index contributed by atoms with van der Waals surface area (Å²) >= 11 is 0.952. The lowest BCUT2D eigenvalue weighted by Crippen LogP contribution is -2.41. The quantitative estimate of drug-likeness (QED) is 0.652. The monoisotopic (exact) mass is 448 g/mol. The largest absolute Gasteiger partial charge is 0.358 e. The highest BCUT2D eigenvalue weighted by Gasteiger charge is 2.39. The first-order valence-electron chi connectivity index (χ1n) is 10.8. The van der Waals surface area contributed by atoms with Gasteiger partial charge in [-0.05, 0) is 36.6 Å². The van der Waals surface area contributed by atoms with Gasteiger partial charge in [0, 0.05) is 67.0 Å². The highest BCUT2D eigenvalue weighted by atomic mass is 32.2. The van der Waals surface area contributed by atoms with Crippen LogP contribution in [0.1, 0.15) is 30.9 Å². The zero-order valence-electron chi connectivity index (χ0n) is 17.8. The molecule has 2 aromatic heterocycles. The molecular formula is C24H24N4O3S. The van der Waals surface area contributed by atoms with Crippen molar-refractivity contribution in [3.05, 3.63) is 54.5 Å². The standard InChI is InChI=1S/C24H24N4O3S/c1-27-23(30)19(32-24(27)31)13-20(29)28-12-4-5-16(14-28)22-21(15-8-10-25-11-9-15)17-6-2-3-7-18(17)26-22/h2-3,6-11,16,19,26H,4-5,12-14H2,1H3/t16-,19-/m0/s1. The van der Waals surface area contributed by atoms with Crippen molar-refractivity contribution in [1.82, 2.24) is 19.8 Å². The lowest BCUT2D eigenvalue weighted by atomic mass is 9.89. The molecule has 32 heavy (non-hydrogen) atoms. The fraction of sp³-hybridized carbons (Fsp3) is 0.333. The van der Waals surface area contributed by atoms with Crippen molar-refractivity contribution < 1.29 is 14.4 Å². The van der Waals surface area contributed by atoms with Gasteiger partial charge in [0.1, 0.15) is 5.25 Å². The summed E-state index contributed by atoms with van der Waals surface area (Å²) in [4.78, 5) is 47.8. The van der Waals surface area contributed by atoms with Crippen LogP contribution in [0.3, 0.4) is 0 Å². The Kier molecular flexibility index (Phi) is 5.46. The number of H-pyrrole nitrogens is 1. The molecule has 2 fully saturated rings. The molecule has 0 spiro atoms. The topological polar surface area (TPSA) is 86.4 Å². The maximum Gasteiger partial charge on any atom is 0.288 e. The molecule has 1 N–H and O–H groups in total. The number of likely N-dealkylation sites (tertiary alicyclic amines) is 1. The Bertz CT molecular complexity index is 1190. The van der Waals surface area contributed by atoms with Crippen LogP contribution >= 0.6 is 11.8 Å². The molecule has 0 aliphatic carbocycles. The molecular weight excluding hydrogens is 424 g/mol. The summed E-state index contributed by atoms with van der Waals surface area (Å²) in [5.41, 5.74) is 4.48. The fourth-order valence-corrected chi connectivity index (χ4v) is 5.69. The van der Waals surface area contributed by atoms with Crippen molar-refractivity contribution in [2.24, 2.45) is 0 Å². The molecule has 7 nitrogen and oxygen atoms in total. The molecule has 3 amide bonds. The summed E-state index contributed by atoms with van der Waals surface area (Å²) in [6, 6.07) is 12.3. The zero-order valence-corrected chi connectivity index (χ0v) is 18.6. The van der Waals surface area contributed by atoms with Gasteiger partial charge in [-0.25, -0.2) is 0 Å². The van der Waals surface area contributed by atoms with Crippen LogP contribution in [0.5, 0.6) is 0 Å². The van der Waals surface area contributed by atoms with E-state index in [1.165, 1.54) is 7.05 Å².